The number of nitrogens with zero attached hydrogens (tertiary/aromatic N) is 4. The van der Waals surface area contributed by atoms with Crippen molar-refractivity contribution in [3.63, 3.8) is 0 Å². The summed E-state index contributed by atoms with van der Waals surface area (Å²) in [6.45, 7) is 20.3. The minimum Gasteiger partial charge on any atom is -0.507 e. The van der Waals surface area contributed by atoms with Crippen molar-refractivity contribution in [3.8, 4) is 45.6 Å². The average molecular weight is 771 g/mol. The lowest BCUT2D eigenvalue weighted by Gasteiger charge is -2.26. The van der Waals surface area contributed by atoms with Gasteiger partial charge in [-0.15, -0.1) is 0 Å². The molecule has 0 atom stereocenters. The number of aliphatic imine (C=N–C) groups is 2. The van der Waals surface area contributed by atoms with Crippen LogP contribution in [-0.2, 0) is 9.47 Å². The third-order valence-electron chi connectivity index (χ3n) is 11.2. The van der Waals surface area contributed by atoms with Gasteiger partial charge < -0.3 is 40.1 Å². The fourth-order valence-corrected chi connectivity index (χ4v) is 8.36. The first kappa shape index (κ1) is 41.0. The van der Waals surface area contributed by atoms with E-state index in [2.05, 4.69) is 19.8 Å². The summed E-state index contributed by atoms with van der Waals surface area (Å²) in [6, 6.07) is 3.73. The van der Waals surface area contributed by atoms with Crippen molar-refractivity contribution < 1.29 is 40.1 Å². The van der Waals surface area contributed by atoms with Gasteiger partial charge in [0.2, 0.25) is 0 Å². The molecule has 6 rings (SSSR count). The summed E-state index contributed by atoms with van der Waals surface area (Å²) in [5.74, 6) is -2.06. The number of phenolic OH excluding ortho intramolecular Hbond substituents is 6. The quantitative estimate of drug-likeness (QED) is 0.0471. The van der Waals surface area contributed by atoms with Crippen molar-refractivity contribution in [2.24, 2.45) is 9.98 Å². The van der Waals surface area contributed by atoms with Gasteiger partial charge >= 0.3 is 0 Å². The van der Waals surface area contributed by atoms with Crippen LogP contribution < -0.4 is 0 Å². The zero-order chi connectivity index (χ0) is 40.3. The zero-order valence-corrected chi connectivity index (χ0v) is 33.7. The Bertz CT molecular complexity index is 1980. The summed E-state index contributed by atoms with van der Waals surface area (Å²) in [4.78, 5) is 13.9. The highest BCUT2D eigenvalue weighted by Crippen LogP contribution is 2.54. The predicted molar refractivity (Wildman–Crippen MR) is 223 cm³/mol. The molecule has 12 heteroatoms. The second-order valence-electron chi connectivity index (χ2n) is 15.7. The molecule has 4 aromatic rings. The molecule has 0 spiro atoms. The van der Waals surface area contributed by atoms with Crippen LogP contribution in [0.1, 0.15) is 85.8 Å². The summed E-state index contributed by atoms with van der Waals surface area (Å²) in [5, 5.41) is 72.0. The van der Waals surface area contributed by atoms with Gasteiger partial charge in [-0.2, -0.15) is 0 Å². The minimum atomic E-state index is -0.378. The number of benzene rings is 4. The summed E-state index contributed by atoms with van der Waals surface area (Å²) in [6.07, 6.45) is 4.59. The number of aromatic hydroxyl groups is 6. The van der Waals surface area contributed by atoms with Crippen LogP contribution in [0.15, 0.2) is 22.1 Å². The lowest BCUT2D eigenvalue weighted by atomic mass is 9.83. The highest BCUT2D eigenvalue weighted by Gasteiger charge is 2.29. The average Bonchev–Trinajstić information content (AvgIpc) is 3.16. The van der Waals surface area contributed by atoms with Crippen LogP contribution in [0, 0.1) is 13.8 Å². The van der Waals surface area contributed by atoms with Gasteiger partial charge in [-0.1, -0.05) is 39.8 Å². The van der Waals surface area contributed by atoms with Crippen molar-refractivity contribution in [3.05, 3.63) is 45.5 Å². The molecule has 0 aliphatic carbocycles. The Morgan fingerprint density at radius 3 is 1.27 bits per heavy atom. The third-order valence-corrected chi connectivity index (χ3v) is 11.2. The first-order valence-corrected chi connectivity index (χ1v) is 19.9. The number of ether oxygens (including phenoxy) is 2. The summed E-state index contributed by atoms with van der Waals surface area (Å²) >= 11 is 0. The van der Waals surface area contributed by atoms with Crippen LogP contribution in [0.4, 0.5) is 0 Å². The van der Waals surface area contributed by atoms with Crippen molar-refractivity contribution >= 4 is 34.0 Å². The molecule has 2 heterocycles. The second kappa shape index (κ2) is 17.7. The van der Waals surface area contributed by atoms with E-state index < -0.39 is 0 Å². The van der Waals surface area contributed by atoms with Crippen LogP contribution in [0.25, 0.3) is 32.7 Å². The van der Waals surface area contributed by atoms with Crippen LogP contribution in [0.5, 0.6) is 34.5 Å². The Hall–Kier alpha value is -4.62. The van der Waals surface area contributed by atoms with Crippen LogP contribution in [0.2, 0.25) is 0 Å². The lowest BCUT2D eigenvalue weighted by Crippen LogP contribution is -2.37. The molecular weight excluding hydrogens is 713 g/mol. The molecule has 0 amide bonds. The van der Waals surface area contributed by atoms with Gasteiger partial charge in [-0.05, 0) is 60.4 Å². The normalized spacial score (nSPS) is 16.2. The zero-order valence-electron chi connectivity index (χ0n) is 33.7. The molecule has 6 N–H and O–H groups in total. The first-order chi connectivity index (χ1) is 26.8. The van der Waals surface area contributed by atoms with Crippen molar-refractivity contribution in [1.29, 1.82) is 0 Å². The van der Waals surface area contributed by atoms with Gasteiger partial charge in [0, 0.05) is 109 Å². The standard InChI is InChI=1S/C44H58N4O8/c1-25(2)33-29-21-27(5)35(41(51)37(29)31(39(49)43(33)53)23-45-9-7-11-47-13-17-55-18-14-47)36-28(6)22-30-34(26(3)4)44(54)40(50)32(38(30)42(36)52)24-46-10-8-12-48-15-19-56-20-16-48/h21-26,49-54H,7-20H2,1-6H3. The van der Waals surface area contributed by atoms with Gasteiger partial charge in [0.25, 0.3) is 0 Å². The van der Waals surface area contributed by atoms with E-state index in [4.69, 9.17) is 9.47 Å². The van der Waals surface area contributed by atoms with Gasteiger partial charge in [0.15, 0.2) is 23.0 Å². The Balaban J connectivity index is 1.49. The van der Waals surface area contributed by atoms with E-state index >= 15 is 0 Å². The monoisotopic (exact) mass is 770 g/mol. The van der Waals surface area contributed by atoms with E-state index in [-0.39, 0.29) is 57.5 Å². The Morgan fingerprint density at radius 2 is 0.929 bits per heavy atom. The molecule has 302 valence electrons. The molecule has 0 aromatic heterocycles. The highest BCUT2D eigenvalue weighted by atomic mass is 16.5. The molecule has 0 unspecified atom stereocenters. The Labute approximate surface area is 329 Å². The van der Waals surface area contributed by atoms with Crippen molar-refractivity contribution in [2.75, 3.05) is 78.8 Å². The highest BCUT2D eigenvalue weighted by molar-refractivity contribution is 6.15. The third kappa shape index (κ3) is 8.11. The van der Waals surface area contributed by atoms with E-state index in [0.29, 0.717) is 94.4 Å². The fourth-order valence-electron chi connectivity index (χ4n) is 8.36. The molecule has 12 nitrogen and oxygen atoms in total. The number of phenols is 6. The van der Waals surface area contributed by atoms with Gasteiger partial charge in [0.05, 0.1) is 26.4 Å². The number of hydrogen-bond acceptors (Lipinski definition) is 12. The van der Waals surface area contributed by atoms with Gasteiger partial charge in [-0.3, -0.25) is 19.8 Å². The van der Waals surface area contributed by atoms with Crippen molar-refractivity contribution in [1.82, 2.24) is 9.80 Å². The predicted octanol–water partition coefficient (Wildman–Crippen LogP) is 7.04. The van der Waals surface area contributed by atoms with Crippen LogP contribution in [0.3, 0.4) is 0 Å². The van der Waals surface area contributed by atoms with Crippen LogP contribution in [-0.4, -0.2) is 132 Å². The number of hydrogen-bond donors (Lipinski definition) is 6. The van der Waals surface area contributed by atoms with E-state index in [9.17, 15) is 30.6 Å². The smallest absolute Gasteiger partial charge is 0.167 e. The molecule has 4 aromatic carbocycles. The maximum atomic E-state index is 12.4. The lowest BCUT2D eigenvalue weighted by molar-refractivity contribution is 0.0377. The molecular formula is C44H58N4O8. The largest absolute Gasteiger partial charge is 0.507 e. The van der Waals surface area contributed by atoms with E-state index in [0.717, 1.165) is 52.1 Å². The number of aryl methyl sites for hydroxylation is 2. The topological polar surface area (TPSA) is 171 Å². The molecule has 56 heavy (non-hydrogen) atoms. The Morgan fingerprint density at radius 1 is 0.571 bits per heavy atom. The van der Waals surface area contributed by atoms with E-state index in [1.54, 1.807) is 0 Å². The SMILES string of the molecule is Cc1cc2c(C(C)C)c(O)c(O)c(C=NCCCN3CCOCC3)c2c(O)c1-c1c(C)cc2c(C(C)C)c(O)c(O)c(C=NCCCN3CCOCC3)c2c1O. The summed E-state index contributed by atoms with van der Waals surface area (Å²) in [5.41, 5.74) is 3.25. The molecule has 2 fully saturated rings. The molecule has 2 aliphatic rings. The molecule has 0 bridgehead atoms. The maximum absolute atomic E-state index is 12.4. The molecule has 0 saturated carbocycles. The van der Waals surface area contributed by atoms with Crippen molar-refractivity contribution in [2.45, 2.75) is 66.2 Å². The molecule has 0 radical (unpaired) electrons. The second-order valence-corrected chi connectivity index (χ2v) is 15.7. The fraction of sp³-hybridized carbons (Fsp3) is 0.500. The molecule has 2 saturated heterocycles. The minimum absolute atomic E-state index is 0.180. The van der Waals surface area contributed by atoms with Crippen LogP contribution >= 0.6 is 0 Å². The van der Waals surface area contributed by atoms with E-state index in [1.165, 1.54) is 12.4 Å². The van der Waals surface area contributed by atoms with Gasteiger partial charge in [-0.25, -0.2) is 0 Å². The van der Waals surface area contributed by atoms with E-state index in [1.807, 2.05) is 53.7 Å². The molecule has 2 aliphatic heterocycles. The summed E-state index contributed by atoms with van der Waals surface area (Å²) < 4.78 is 10.9. The maximum Gasteiger partial charge on any atom is 0.167 e. The number of fused-ring (bicyclic) bond motifs is 2. The van der Waals surface area contributed by atoms with Gasteiger partial charge in [0.1, 0.15) is 11.5 Å². The summed E-state index contributed by atoms with van der Waals surface area (Å²) in [7, 11) is 0. The number of morpholine rings is 2. The number of rotatable bonds is 13. The first-order valence-electron chi connectivity index (χ1n) is 19.9. The Kier molecular flexibility index (Phi) is 12.9.